The van der Waals surface area contributed by atoms with Crippen LogP contribution in [0.15, 0.2) is 64.0 Å². The number of ketones is 1. The Balaban J connectivity index is 1.38. The van der Waals surface area contributed by atoms with Crippen LogP contribution < -0.4 is 4.90 Å². The highest BCUT2D eigenvalue weighted by Crippen LogP contribution is 2.35. The highest BCUT2D eigenvalue weighted by atomic mass is 79.9. The van der Waals surface area contributed by atoms with Crippen LogP contribution in [0.2, 0.25) is 0 Å². The number of thioether (sulfide) groups is 1. The van der Waals surface area contributed by atoms with Crippen LogP contribution in [-0.2, 0) is 9.53 Å². The molecule has 1 aromatic heterocycles. The van der Waals surface area contributed by atoms with E-state index < -0.39 is 11.1 Å². The number of carbonyl (C=O) groups excluding carboxylic acids is 3. The van der Waals surface area contributed by atoms with Crippen LogP contribution in [0.1, 0.15) is 27.3 Å². The Morgan fingerprint density at radius 3 is 2.49 bits per heavy atom. The van der Waals surface area contributed by atoms with Crippen LogP contribution in [0.25, 0.3) is 11.8 Å². The third-order valence-corrected chi connectivity index (χ3v) is 8.11. The van der Waals surface area contributed by atoms with Gasteiger partial charge in [0, 0.05) is 40.2 Å². The highest BCUT2D eigenvalue weighted by Gasteiger charge is 2.36. The van der Waals surface area contributed by atoms with Gasteiger partial charge in [0.05, 0.1) is 30.4 Å². The van der Waals surface area contributed by atoms with Crippen molar-refractivity contribution in [2.45, 2.75) is 13.8 Å². The van der Waals surface area contributed by atoms with E-state index in [1.807, 2.05) is 26.0 Å². The van der Waals surface area contributed by atoms with Crippen LogP contribution in [0.4, 0.5) is 10.5 Å². The predicted octanol–water partition coefficient (Wildman–Crippen LogP) is 5.61. The topological polar surface area (TPSA) is 71.9 Å². The molecule has 2 fully saturated rings. The summed E-state index contributed by atoms with van der Waals surface area (Å²) >= 11 is 4.61. The van der Waals surface area contributed by atoms with Gasteiger partial charge >= 0.3 is 0 Å². The van der Waals surface area contributed by atoms with Gasteiger partial charge in [-0.2, -0.15) is 0 Å². The Kier molecular flexibility index (Phi) is 7.37. The summed E-state index contributed by atoms with van der Waals surface area (Å²) in [6.45, 7) is 6.89. The zero-order valence-corrected chi connectivity index (χ0v) is 23.0. The molecule has 2 aliphatic heterocycles. The molecule has 2 saturated heterocycles. The van der Waals surface area contributed by atoms with E-state index in [9.17, 15) is 14.4 Å². The van der Waals surface area contributed by atoms with Crippen molar-refractivity contribution in [3.63, 3.8) is 0 Å². The zero-order chi connectivity index (χ0) is 26.1. The highest BCUT2D eigenvalue weighted by molar-refractivity contribution is 9.10. The SMILES string of the molecule is Cc1cc(/C=C2\SC(=O)N(CC(=O)c3ccccc3)C2=O)c(C)n1-c1ccc(N2CCOCC2)c(Br)c1. The molecule has 0 spiro atoms. The second kappa shape index (κ2) is 10.7. The van der Waals surface area contributed by atoms with Crippen LogP contribution >= 0.6 is 27.7 Å². The fourth-order valence-electron chi connectivity index (χ4n) is 4.66. The van der Waals surface area contributed by atoms with E-state index in [0.717, 1.165) is 75.8 Å². The number of benzene rings is 2. The molecule has 2 amide bonds. The van der Waals surface area contributed by atoms with E-state index in [0.29, 0.717) is 10.5 Å². The summed E-state index contributed by atoms with van der Waals surface area (Å²) in [5, 5.41) is -0.433. The maximum Gasteiger partial charge on any atom is 0.293 e. The number of halogens is 1. The van der Waals surface area contributed by atoms with Crippen molar-refractivity contribution in [1.29, 1.82) is 0 Å². The minimum absolute atomic E-state index is 0.269. The quantitative estimate of drug-likeness (QED) is 0.279. The average molecular weight is 581 g/mol. The molecule has 37 heavy (non-hydrogen) atoms. The Hall–Kier alpha value is -3.14. The third-order valence-electron chi connectivity index (χ3n) is 6.57. The van der Waals surface area contributed by atoms with Gasteiger partial charge < -0.3 is 14.2 Å². The van der Waals surface area contributed by atoms with Gasteiger partial charge in [-0.15, -0.1) is 0 Å². The number of aromatic nitrogens is 1. The smallest absolute Gasteiger partial charge is 0.293 e. The van der Waals surface area contributed by atoms with Crippen molar-refractivity contribution in [2.24, 2.45) is 0 Å². The lowest BCUT2D eigenvalue weighted by molar-refractivity contribution is -0.122. The number of amides is 2. The minimum atomic E-state index is -0.443. The van der Waals surface area contributed by atoms with Gasteiger partial charge in [0.1, 0.15) is 0 Å². The largest absolute Gasteiger partial charge is 0.378 e. The van der Waals surface area contributed by atoms with Gasteiger partial charge in [0.15, 0.2) is 5.78 Å². The molecule has 3 heterocycles. The molecular formula is C28H26BrN3O4S. The van der Waals surface area contributed by atoms with Crippen LogP contribution in [-0.4, -0.2) is 59.2 Å². The number of aryl methyl sites for hydroxylation is 1. The molecule has 2 aliphatic rings. The molecule has 0 aliphatic carbocycles. The van der Waals surface area contributed by atoms with Crippen LogP contribution in [0.3, 0.4) is 0 Å². The summed E-state index contributed by atoms with van der Waals surface area (Å²) in [6, 6.07) is 17.0. The molecule has 2 aromatic carbocycles. The lowest BCUT2D eigenvalue weighted by atomic mass is 10.1. The van der Waals surface area contributed by atoms with Crippen molar-refractivity contribution in [1.82, 2.24) is 9.47 Å². The number of anilines is 1. The molecule has 0 unspecified atom stereocenters. The molecule has 190 valence electrons. The van der Waals surface area contributed by atoms with E-state index in [1.165, 1.54) is 0 Å². The Morgan fingerprint density at radius 2 is 1.78 bits per heavy atom. The predicted molar refractivity (Wildman–Crippen MR) is 149 cm³/mol. The lowest BCUT2D eigenvalue weighted by Gasteiger charge is -2.30. The van der Waals surface area contributed by atoms with Crippen molar-refractivity contribution in [3.8, 4) is 5.69 Å². The monoisotopic (exact) mass is 579 g/mol. The Bertz CT molecular complexity index is 1410. The summed E-state index contributed by atoms with van der Waals surface area (Å²) in [7, 11) is 0. The van der Waals surface area contributed by atoms with E-state index in [2.05, 4.69) is 43.6 Å². The van der Waals surface area contributed by atoms with Crippen molar-refractivity contribution in [2.75, 3.05) is 37.7 Å². The zero-order valence-electron chi connectivity index (χ0n) is 20.6. The van der Waals surface area contributed by atoms with Gasteiger partial charge in [-0.3, -0.25) is 19.3 Å². The number of carbonyl (C=O) groups is 3. The van der Waals surface area contributed by atoms with E-state index >= 15 is 0 Å². The summed E-state index contributed by atoms with van der Waals surface area (Å²) < 4.78 is 8.60. The first kappa shape index (κ1) is 25.5. The van der Waals surface area contributed by atoms with E-state index in [-0.39, 0.29) is 12.3 Å². The van der Waals surface area contributed by atoms with E-state index in [4.69, 9.17) is 4.74 Å². The average Bonchev–Trinajstić information content (AvgIpc) is 3.33. The van der Waals surface area contributed by atoms with Gasteiger partial charge in [0.2, 0.25) is 0 Å². The number of Topliss-reactive ketones (excluding diaryl/α,β-unsaturated/α-hetero) is 1. The van der Waals surface area contributed by atoms with Crippen LogP contribution in [0.5, 0.6) is 0 Å². The molecule has 0 bridgehead atoms. The van der Waals surface area contributed by atoms with Gasteiger partial charge in [0.25, 0.3) is 11.1 Å². The maximum absolute atomic E-state index is 13.0. The molecule has 0 N–H and O–H groups in total. The lowest BCUT2D eigenvalue weighted by Crippen LogP contribution is -2.36. The molecule has 0 saturated carbocycles. The molecule has 3 aromatic rings. The van der Waals surface area contributed by atoms with Crippen molar-refractivity contribution < 1.29 is 19.1 Å². The Morgan fingerprint density at radius 1 is 1.05 bits per heavy atom. The van der Waals surface area contributed by atoms with Gasteiger partial charge in [-0.25, -0.2) is 0 Å². The Labute approximate surface area is 228 Å². The number of rotatable bonds is 6. The first-order valence-corrected chi connectivity index (χ1v) is 13.6. The van der Waals surface area contributed by atoms with Gasteiger partial charge in [-0.1, -0.05) is 30.3 Å². The second-order valence-corrected chi connectivity index (χ2v) is 10.8. The fourth-order valence-corrected chi connectivity index (χ4v) is 6.11. The first-order valence-electron chi connectivity index (χ1n) is 12.0. The number of nitrogens with zero attached hydrogens (tertiary/aromatic N) is 3. The molecule has 9 heteroatoms. The third kappa shape index (κ3) is 5.16. The molecule has 0 atom stereocenters. The van der Waals surface area contributed by atoms with Gasteiger partial charge in [-0.05, 0) is 77.4 Å². The number of imide groups is 1. The van der Waals surface area contributed by atoms with E-state index in [1.54, 1.807) is 30.3 Å². The minimum Gasteiger partial charge on any atom is -0.378 e. The first-order chi connectivity index (χ1) is 17.8. The summed E-state index contributed by atoms with van der Waals surface area (Å²) in [5.74, 6) is -0.713. The normalized spacial score (nSPS) is 17.2. The molecule has 0 radical (unpaired) electrons. The van der Waals surface area contributed by atoms with Crippen LogP contribution in [0, 0.1) is 13.8 Å². The summed E-state index contributed by atoms with van der Waals surface area (Å²) in [6.07, 6.45) is 1.74. The number of hydrogen-bond donors (Lipinski definition) is 0. The fraction of sp³-hybridized carbons (Fsp3) is 0.250. The second-order valence-electron chi connectivity index (χ2n) is 8.95. The molecule has 5 rings (SSSR count). The molecule has 7 nitrogen and oxygen atoms in total. The number of ether oxygens (including phenoxy) is 1. The summed E-state index contributed by atoms with van der Waals surface area (Å²) in [4.78, 5) is 41.8. The summed E-state index contributed by atoms with van der Waals surface area (Å²) in [5.41, 5.74) is 5.42. The number of hydrogen-bond acceptors (Lipinski definition) is 6. The molecular weight excluding hydrogens is 554 g/mol. The number of morpholine rings is 1. The standard InChI is InChI=1S/C28H26BrN3O4S/c1-18-14-21(15-26-27(34)31(28(35)37-26)17-25(33)20-6-4-3-5-7-20)19(2)32(18)22-8-9-24(23(29)16-22)30-10-12-36-13-11-30/h3-9,14-16H,10-13,17H2,1-2H3/b26-15-. The van der Waals surface area contributed by atoms with Crippen molar-refractivity contribution >= 4 is 56.4 Å². The van der Waals surface area contributed by atoms with Crippen molar-refractivity contribution in [3.05, 3.63) is 86.5 Å². The maximum atomic E-state index is 13.0.